The van der Waals surface area contributed by atoms with Gasteiger partial charge in [-0.25, -0.2) is 4.98 Å². The lowest BCUT2D eigenvalue weighted by molar-refractivity contribution is 1.04. The molecule has 0 radical (unpaired) electrons. The van der Waals surface area contributed by atoms with Crippen molar-refractivity contribution in [1.29, 1.82) is 5.26 Å². The summed E-state index contributed by atoms with van der Waals surface area (Å²) in [6, 6.07) is 3.80. The van der Waals surface area contributed by atoms with Gasteiger partial charge in [-0.3, -0.25) is 0 Å². The zero-order chi connectivity index (χ0) is 8.27. The average Bonchev–Trinajstić information content (AvgIpc) is 2.05. The van der Waals surface area contributed by atoms with Crippen LogP contribution in [0.25, 0.3) is 0 Å². The van der Waals surface area contributed by atoms with Gasteiger partial charge in [0, 0.05) is 12.7 Å². The first-order chi connectivity index (χ1) is 5.27. The summed E-state index contributed by atoms with van der Waals surface area (Å²) in [6.45, 7) is 0.429. The second kappa shape index (κ2) is 3.64. The van der Waals surface area contributed by atoms with Gasteiger partial charge >= 0.3 is 0 Å². The highest BCUT2D eigenvalue weighted by Gasteiger charge is 1.99. The van der Waals surface area contributed by atoms with E-state index in [-0.39, 0.29) is 0 Å². The minimum absolute atomic E-state index is 0.429. The molecule has 0 aliphatic rings. The molecule has 0 aromatic carbocycles. The molecule has 1 aromatic rings. The fraction of sp³-hybridized carbons (Fsp3) is 0.143. The van der Waals surface area contributed by atoms with Crippen LogP contribution in [0.1, 0.15) is 11.1 Å². The lowest BCUT2D eigenvalue weighted by atomic mass is 10.2. The highest BCUT2D eigenvalue weighted by Crippen LogP contribution is 2.09. The summed E-state index contributed by atoms with van der Waals surface area (Å²) in [5.41, 5.74) is 6.85. The molecular weight excluding hydrogens is 253 g/mol. The Morgan fingerprint density at radius 3 is 3.00 bits per heavy atom. The molecule has 3 nitrogen and oxygen atoms in total. The van der Waals surface area contributed by atoms with Gasteiger partial charge in [-0.05, 0) is 34.2 Å². The molecule has 1 heterocycles. The van der Waals surface area contributed by atoms with Gasteiger partial charge in [-0.2, -0.15) is 5.26 Å². The Balaban J connectivity index is 3.15. The lowest BCUT2D eigenvalue weighted by Crippen LogP contribution is -1.99. The van der Waals surface area contributed by atoms with Gasteiger partial charge in [0.25, 0.3) is 0 Å². The van der Waals surface area contributed by atoms with E-state index in [1.807, 2.05) is 28.7 Å². The van der Waals surface area contributed by atoms with Crippen molar-refractivity contribution < 1.29 is 0 Å². The predicted octanol–water partition coefficient (Wildman–Crippen LogP) is 1.02. The van der Waals surface area contributed by atoms with Crippen LogP contribution in [0.15, 0.2) is 12.3 Å². The van der Waals surface area contributed by atoms with E-state index in [4.69, 9.17) is 11.0 Å². The van der Waals surface area contributed by atoms with E-state index >= 15 is 0 Å². The molecule has 0 saturated heterocycles. The van der Waals surface area contributed by atoms with E-state index in [0.717, 1.165) is 9.26 Å². The summed E-state index contributed by atoms with van der Waals surface area (Å²) in [7, 11) is 0. The smallest absolute Gasteiger partial charge is 0.119 e. The molecule has 1 rings (SSSR count). The maximum atomic E-state index is 8.60. The van der Waals surface area contributed by atoms with Gasteiger partial charge in [0.2, 0.25) is 0 Å². The molecule has 0 amide bonds. The molecule has 0 bridgehead atoms. The summed E-state index contributed by atoms with van der Waals surface area (Å²) in [5, 5.41) is 8.60. The Kier molecular flexibility index (Phi) is 2.79. The summed E-state index contributed by atoms with van der Waals surface area (Å²) >= 11 is 2.02. The number of hydrogen-bond acceptors (Lipinski definition) is 3. The first kappa shape index (κ1) is 8.43. The van der Waals surface area contributed by atoms with Crippen molar-refractivity contribution in [1.82, 2.24) is 4.98 Å². The molecule has 11 heavy (non-hydrogen) atoms. The maximum Gasteiger partial charge on any atom is 0.119 e. The number of nitrogens with zero attached hydrogens (tertiary/aromatic N) is 2. The van der Waals surface area contributed by atoms with Crippen LogP contribution in [-0.2, 0) is 6.54 Å². The second-order valence-corrected chi connectivity index (χ2v) is 3.02. The lowest BCUT2D eigenvalue weighted by Gasteiger charge is -1.97. The molecule has 0 unspecified atom stereocenters. The van der Waals surface area contributed by atoms with Gasteiger partial charge in [-0.15, -0.1) is 0 Å². The van der Waals surface area contributed by atoms with Crippen LogP contribution in [0, 0.1) is 15.0 Å². The van der Waals surface area contributed by atoms with Crippen molar-refractivity contribution in [2.24, 2.45) is 5.73 Å². The SMILES string of the molecule is N#Cc1cc(CN)cnc1I. The maximum absolute atomic E-state index is 8.60. The Hall–Kier alpha value is -0.670. The van der Waals surface area contributed by atoms with Crippen LogP contribution in [0.5, 0.6) is 0 Å². The summed E-state index contributed by atoms with van der Waals surface area (Å²) in [4.78, 5) is 4.00. The zero-order valence-electron chi connectivity index (χ0n) is 5.71. The standard InChI is InChI=1S/C7H6IN3/c8-7-6(3-10)1-5(2-9)4-11-7/h1,4H,2,9H2. The quantitative estimate of drug-likeness (QED) is 0.604. The Labute approximate surface area is 78.4 Å². The van der Waals surface area contributed by atoms with Crippen molar-refractivity contribution in [3.63, 3.8) is 0 Å². The molecule has 2 N–H and O–H groups in total. The minimum Gasteiger partial charge on any atom is -0.326 e. The summed E-state index contributed by atoms with van der Waals surface area (Å²) in [5.74, 6) is 0. The number of nitrogens with two attached hydrogens (primary N) is 1. The van der Waals surface area contributed by atoms with Gasteiger partial charge in [0.1, 0.15) is 9.77 Å². The Bertz CT molecular complexity index is 303. The van der Waals surface area contributed by atoms with Gasteiger partial charge < -0.3 is 5.73 Å². The molecule has 4 heteroatoms. The van der Waals surface area contributed by atoms with Crippen LogP contribution in [0.4, 0.5) is 0 Å². The second-order valence-electron chi connectivity index (χ2n) is 2.00. The van der Waals surface area contributed by atoms with Crippen LogP contribution in [0.2, 0.25) is 0 Å². The van der Waals surface area contributed by atoms with E-state index < -0.39 is 0 Å². The molecular formula is C7H6IN3. The molecule has 56 valence electrons. The van der Waals surface area contributed by atoms with Crippen molar-refractivity contribution in [3.8, 4) is 6.07 Å². The van der Waals surface area contributed by atoms with E-state index in [9.17, 15) is 0 Å². The first-order valence-corrected chi connectivity index (χ1v) is 4.10. The van der Waals surface area contributed by atoms with E-state index in [1.165, 1.54) is 0 Å². The molecule has 0 aliphatic carbocycles. The van der Waals surface area contributed by atoms with Crippen molar-refractivity contribution in [2.75, 3.05) is 0 Å². The van der Waals surface area contributed by atoms with Crippen molar-refractivity contribution in [3.05, 3.63) is 27.1 Å². The highest BCUT2D eigenvalue weighted by atomic mass is 127. The molecule has 0 saturated carbocycles. The normalized spacial score (nSPS) is 9.18. The molecule has 0 spiro atoms. The topological polar surface area (TPSA) is 62.7 Å². The molecule has 1 aromatic heterocycles. The third-order valence-electron chi connectivity index (χ3n) is 1.25. The van der Waals surface area contributed by atoms with Crippen molar-refractivity contribution in [2.45, 2.75) is 6.54 Å². The number of pyridine rings is 1. The minimum atomic E-state index is 0.429. The third-order valence-corrected chi connectivity index (χ3v) is 2.11. The van der Waals surface area contributed by atoms with Gasteiger partial charge in [0.15, 0.2) is 0 Å². The summed E-state index contributed by atoms with van der Waals surface area (Å²) < 4.78 is 0.724. The fourth-order valence-electron chi connectivity index (χ4n) is 0.681. The first-order valence-electron chi connectivity index (χ1n) is 3.02. The van der Waals surface area contributed by atoms with E-state index in [2.05, 4.69) is 4.98 Å². The average molecular weight is 259 g/mol. The highest BCUT2D eigenvalue weighted by molar-refractivity contribution is 14.1. The van der Waals surface area contributed by atoms with Gasteiger partial charge in [0.05, 0.1) is 5.56 Å². The number of halogens is 1. The number of aromatic nitrogens is 1. The van der Waals surface area contributed by atoms with Gasteiger partial charge in [-0.1, -0.05) is 0 Å². The van der Waals surface area contributed by atoms with E-state index in [1.54, 1.807) is 12.3 Å². The third kappa shape index (κ3) is 1.88. The molecule has 0 atom stereocenters. The molecule has 0 aliphatic heterocycles. The van der Waals surface area contributed by atoms with Crippen LogP contribution >= 0.6 is 22.6 Å². The van der Waals surface area contributed by atoms with Crippen LogP contribution in [0.3, 0.4) is 0 Å². The number of hydrogen-bond donors (Lipinski definition) is 1. The van der Waals surface area contributed by atoms with Crippen LogP contribution < -0.4 is 5.73 Å². The number of rotatable bonds is 1. The Morgan fingerprint density at radius 1 is 1.73 bits per heavy atom. The van der Waals surface area contributed by atoms with Crippen LogP contribution in [-0.4, -0.2) is 4.98 Å². The Morgan fingerprint density at radius 2 is 2.45 bits per heavy atom. The largest absolute Gasteiger partial charge is 0.326 e. The van der Waals surface area contributed by atoms with Crippen molar-refractivity contribution >= 4 is 22.6 Å². The summed E-state index contributed by atoms with van der Waals surface area (Å²) in [6.07, 6.45) is 1.68. The fourth-order valence-corrected chi connectivity index (χ4v) is 1.10. The number of nitriles is 1. The monoisotopic (exact) mass is 259 g/mol. The predicted molar refractivity (Wildman–Crippen MR) is 49.6 cm³/mol. The molecule has 0 fully saturated rings. The zero-order valence-corrected chi connectivity index (χ0v) is 7.87. The van der Waals surface area contributed by atoms with E-state index in [0.29, 0.717) is 12.1 Å².